The van der Waals surface area contributed by atoms with Gasteiger partial charge in [0.05, 0.1) is 6.10 Å². The molecule has 0 saturated carbocycles. The summed E-state index contributed by atoms with van der Waals surface area (Å²) in [5, 5.41) is 3.59. The van der Waals surface area contributed by atoms with E-state index in [1.807, 2.05) is 7.05 Å². The molecule has 3 aliphatic heterocycles. The smallest absolute Gasteiger partial charge is 0.193 e. The summed E-state index contributed by atoms with van der Waals surface area (Å²) >= 11 is 0. The summed E-state index contributed by atoms with van der Waals surface area (Å²) in [7, 11) is 1.92. The van der Waals surface area contributed by atoms with E-state index in [0.29, 0.717) is 6.10 Å². The average Bonchev–Trinajstić information content (AvgIpc) is 3.25. The number of piperidine rings is 2. The van der Waals surface area contributed by atoms with Gasteiger partial charge < -0.3 is 15.0 Å². The monoisotopic (exact) mass is 384 g/mol. The minimum absolute atomic E-state index is 0.446. The van der Waals surface area contributed by atoms with Crippen molar-refractivity contribution in [3.8, 4) is 0 Å². The van der Waals surface area contributed by atoms with Crippen LogP contribution in [0.2, 0.25) is 0 Å². The van der Waals surface area contributed by atoms with Gasteiger partial charge in [0.1, 0.15) is 0 Å². The molecule has 5 heteroatoms. The first kappa shape index (κ1) is 19.7. The van der Waals surface area contributed by atoms with Gasteiger partial charge in [-0.3, -0.25) is 9.89 Å². The fraction of sp³-hybridized carbons (Fsp3) is 0.696. The molecule has 0 bridgehead atoms. The third-order valence-electron chi connectivity index (χ3n) is 6.70. The van der Waals surface area contributed by atoms with Gasteiger partial charge in [-0.2, -0.15) is 0 Å². The third kappa shape index (κ3) is 4.87. The Hall–Kier alpha value is -1.59. The van der Waals surface area contributed by atoms with Gasteiger partial charge in [0.15, 0.2) is 5.96 Å². The first-order valence-corrected chi connectivity index (χ1v) is 11.2. The van der Waals surface area contributed by atoms with Gasteiger partial charge in [0, 0.05) is 45.9 Å². The van der Waals surface area contributed by atoms with E-state index in [4.69, 9.17) is 4.74 Å². The van der Waals surface area contributed by atoms with Crippen molar-refractivity contribution in [3.63, 3.8) is 0 Å². The van der Waals surface area contributed by atoms with E-state index in [-0.39, 0.29) is 0 Å². The van der Waals surface area contributed by atoms with Crippen molar-refractivity contribution in [2.45, 2.75) is 57.2 Å². The molecule has 1 aromatic carbocycles. The van der Waals surface area contributed by atoms with Crippen molar-refractivity contribution >= 4 is 5.96 Å². The molecular weight excluding hydrogens is 348 g/mol. The van der Waals surface area contributed by atoms with Crippen LogP contribution in [-0.2, 0) is 11.3 Å². The Morgan fingerprint density at radius 2 is 2.04 bits per heavy atom. The number of benzene rings is 1. The molecule has 0 aromatic heterocycles. The molecule has 1 aromatic rings. The number of hydrogen-bond acceptors (Lipinski definition) is 3. The highest BCUT2D eigenvalue weighted by Crippen LogP contribution is 2.31. The Labute approximate surface area is 170 Å². The van der Waals surface area contributed by atoms with Gasteiger partial charge in [-0.05, 0) is 56.6 Å². The molecule has 3 aliphatic rings. The third-order valence-corrected chi connectivity index (χ3v) is 6.70. The Morgan fingerprint density at radius 1 is 1.14 bits per heavy atom. The van der Waals surface area contributed by atoms with Crippen molar-refractivity contribution in [2.24, 2.45) is 10.9 Å². The van der Waals surface area contributed by atoms with Gasteiger partial charge >= 0.3 is 0 Å². The molecule has 5 nitrogen and oxygen atoms in total. The molecule has 1 N–H and O–H groups in total. The van der Waals surface area contributed by atoms with Gasteiger partial charge in [-0.1, -0.05) is 30.3 Å². The summed E-state index contributed by atoms with van der Waals surface area (Å²) in [6, 6.07) is 11.7. The minimum Gasteiger partial charge on any atom is -0.378 e. The lowest BCUT2D eigenvalue weighted by molar-refractivity contribution is 0.0371. The Balaban J connectivity index is 1.29. The first-order chi connectivity index (χ1) is 13.8. The lowest BCUT2D eigenvalue weighted by atomic mass is 9.83. The summed E-state index contributed by atoms with van der Waals surface area (Å²) in [5.41, 5.74) is 1.44. The topological polar surface area (TPSA) is 40.1 Å². The molecular formula is C23H36N4O. The van der Waals surface area contributed by atoms with E-state index in [1.165, 1.54) is 44.2 Å². The maximum Gasteiger partial charge on any atom is 0.193 e. The van der Waals surface area contributed by atoms with Crippen LogP contribution in [0.15, 0.2) is 35.3 Å². The highest BCUT2D eigenvalue weighted by molar-refractivity contribution is 5.80. The fourth-order valence-electron chi connectivity index (χ4n) is 5.26. The predicted octanol–water partition coefficient (Wildman–Crippen LogP) is 3.12. The van der Waals surface area contributed by atoms with Crippen LogP contribution >= 0.6 is 0 Å². The van der Waals surface area contributed by atoms with Crippen molar-refractivity contribution in [2.75, 3.05) is 39.8 Å². The number of aliphatic imine (C=N–C) groups is 1. The van der Waals surface area contributed by atoms with Crippen LogP contribution in [0.5, 0.6) is 0 Å². The molecule has 3 atom stereocenters. The van der Waals surface area contributed by atoms with Crippen molar-refractivity contribution in [3.05, 3.63) is 35.9 Å². The largest absolute Gasteiger partial charge is 0.378 e. The number of rotatable bonds is 5. The molecule has 3 heterocycles. The standard InChI is InChI=1S/C23H36N4O/c1-24-23(25-13-11-21-10-6-16-28-21)27-15-12-22-20(18-27)9-5-14-26(22)17-19-7-3-2-4-8-19/h2-4,7-8,20-22H,5-6,9-18H2,1H3,(H,24,25). The molecule has 0 spiro atoms. The highest BCUT2D eigenvalue weighted by atomic mass is 16.5. The van der Waals surface area contributed by atoms with Crippen molar-refractivity contribution < 1.29 is 4.74 Å². The number of nitrogens with one attached hydrogen (secondary N) is 1. The lowest BCUT2D eigenvalue weighted by Crippen LogP contribution is -2.56. The summed E-state index contributed by atoms with van der Waals surface area (Å²) in [4.78, 5) is 9.80. The summed E-state index contributed by atoms with van der Waals surface area (Å²) < 4.78 is 5.75. The number of hydrogen-bond donors (Lipinski definition) is 1. The minimum atomic E-state index is 0.446. The average molecular weight is 385 g/mol. The van der Waals surface area contributed by atoms with E-state index in [1.54, 1.807) is 0 Å². The van der Waals surface area contributed by atoms with Crippen molar-refractivity contribution in [1.82, 2.24) is 15.1 Å². The Kier molecular flexibility index (Phi) is 6.86. The predicted molar refractivity (Wildman–Crippen MR) is 115 cm³/mol. The molecule has 28 heavy (non-hydrogen) atoms. The molecule has 4 rings (SSSR count). The van der Waals surface area contributed by atoms with Crippen LogP contribution in [-0.4, -0.2) is 67.7 Å². The maximum absolute atomic E-state index is 5.75. The molecule has 0 radical (unpaired) electrons. The number of fused-ring (bicyclic) bond motifs is 1. The van der Waals surface area contributed by atoms with Crippen LogP contribution in [0.3, 0.4) is 0 Å². The Bertz CT molecular complexity index is 629. The van der Waals surface area contributed by atoms with Crippen LogP contribution in [0.4, 0.5) is 0 Å². The number of ether oxygens (including phenoxy) is 1. The molecule has 154 valence electrons. The molecule has 0 amide bonds. The summed E-state index contributed by atoms with van der Waals surface area (Å²) in [6.07, 6.45) is 7.86. The van der Waals surface area contributed by atoms with Crippen molar-refractivity contribution in [1.29, 1.82) is 0 Å². The molecule has 3 fully saturated rings. The first-order valence-electron chi connectivity index (χ1n) is 11.2. The number of likely N-dealkylation sites (tertiary alicyclic amines) is 2. The van der Waals surface area contributed by atoms with Crippen LogP contribution in [0, 0.1) is 5.92 Å². The zero-order chi connectivity index (χ0) is 19.2. The normalized spacial score (nSPS) is 29.0. The number of guanidine groups is 1. The number of nitrogens with zero attached hydrogens (tertiary/aromatic N) is 3. The summed E-state index contributed by atoms with van der Waals surface area (Å²) in [5.74, 6) is 1.83. The highest BCUT2D eigenvalue weighted by Gasteiger charge is 2.36. The zero-order valence-corrected chi connectivity index (χ0v) is 17.4. The van der Waals surface area contributed by atoms with E-state index in [2.05, 4.69) is 50.4 Å². The summed E-state index contributed by atoms with van der Waals surface area (Å²) in [6.45, 7) is 6.47. The van der Waals surface area contributed by atoms with Crippen LogP contribution in [0.1, 0.15) is 44.1 Å². The zero-order valence-electron chi connectivity index (χ0n) is 17.4. The second kappa shape index (κ2) is 9.75. The van der Waals surface area contributed by atoms with Gasteiger partial charge in [0.2, 0.25) is 0 Å². The second-order valence-corrected chi connectivity index (χ2v) is 8.56. The fourth-order valence-corrected chi connectivity index (χ4v) is 5.26. The lowest BCUT2D eigenvalue weighted by Gasteiger charge is -2.48. The maximum atomic E-state index is 5.75. The van der Waals surface area contributed by atoms with Gasteiger partial charge in [0.25, 0.3) is 0 Å². The van der Waals surface area contributed by atoms with Crippen LogP contribution in [0.25, 0.3) is 0 Å². The van der Waals surface area contributed by atoms with E-state index < -0.39 is 0 Å². The quantitative estimate of drug-likeness (QED) is 0.625. The van der Waals surface area contributed by atoms with E-state index in [0.717, 1.165) is 57.1 Å². The molecule has 3 saturated heterocycles. The van der Waals surface area contributed by atoms with Crippen LogP contribution < -0.4 is 5.32 Å². The van der Waals surface area contributed by atoms with Gasteiger partial charge in [-0.15, -0.1) is 0 Å². The van der Waals surface area contributed by atoms with Gasteiger partial charge in [-0.25, -0.2) is 0 Å². The SMILES string of the molecule is CN=C(NCCC1CCCO1)N1CCC2C(CCCN2Cc2ccccc2)C1. The molecule has 0 aliphatic carbocycles. The second-order valence-electron chi connectivity index (χ2n) is 8.56. The molecule has 3 unspecified atom stereocenters. The van der Waals surface area contributed by atoms with E-state index >= 15 is 0 Å². The Morgan fingerprint density at radius 3 is 2.82 bits per heavy atom. The van der Waals surface area contributed by atoms with E-state index in [9.17, 15) is 0 Å².